The first kappa shape index (κ1) is 72.3. The third-order valence-electron chi connectivity index (χ3n) is 18.6. The van der Waals surface area contributed by atoms with Gasteiger partial charge in [0.25, 0.3) is 17.7 Å². The highest BCUT2D eigenvalue weighted by atomic mass is 16.6. The molecule has 0 saturated carbocycles. The molecule has 3 aliphatic heterocycles. The predicted molar refractivity (Wildman–Crippen MR) is 391 cm³/mol. The number of carbonyl (C=O) groups is 3. The largest absolute Gasteiger partial charge is 0.497 e. The van der Waals surface area contributed by atoms with Crippen LogP contribution in [0.4, 0.5) is 34.1 Å². The zero-order chi connectivity index (χ0) is 73.3. The zero-order valence-electron chi connectivity index (χ0n) is 58.3. The molecule has 29 nitrogen and oxygen atoms in total. The van der Waals surface area contributed by atoms with Gasteiger partial charge in [-0.3, -0.25) is 63.7 Å². The number of rotatable bonds is 18. The lowest BCUT2D eigenvalue weighted by atomic mass is 10.1. The Balaban J connectivity index is 0.000000155. The average molecular weight is 1410 g/mol. The van der Waals surface area contributed by atoms with Crippen molar-refractivity contribution in [3.8, 4) is 5.75 Å². The summed E-state index contributed by atoms with van der Waals surface area (Å²) in [7, 11) is 9.14. The Morgan fingerprint density at radius 1 is 0.447 bits per heavy atom. The molecule has 3 aliphatic rings. The summed E-state index contributed by atoms with van der Waals surface area (Å²) in [5, 5.41) is 38.4. The number of fused-ring (bicyclic) bond motifs is 3. The van der Waals surface area contributed by atoms with Crippen LogP contribution >= 0.6 is 0 Å². The normalized spacial score (nSPS) is 14.0. The lowest BCUT2D eigenvalue weighted by Gasteiger charge is -2.36. The number of hydrogen-bond acceptors (Lipinski definition) is 20. The van der Waals surface area contributed by atoms with Crippen molar-refractivity contribution in [1.82, 2.24) is 38.2 Å². The Hall–Kier alpha value is -12.0. The molecular weight excluding hydrogens is 1320 g/mol. The predicted octanol–water partition coefficient (Wildman–Crippen LogP) is 8.60. The van der Waals surface area contributed by atoms with Crippen molar-refractivity contribution >= 4 is 84.6 Å². The van der Waals surface area contributed by atoms with Crippen LogP contribution in [0.3, 0.4) is 0 Å². The highest BCUT2D eigenvalue weighted by Crippen LogP contribution is 2.39. The quantitative estimate of drug-likeness (QED) is 0.0573. The number of likely N-dealkylation sites (N-methyl/N-ethyl adjacent to an activating group) is 2. The maximum Gasteiger partial charge on any atom is 0.357 e. The van der Waals surface area contributed by atoms with Gasteiger partial charge in [0.05, 0.1) is 57.5 Å². The number of methoxy groups -OCH3 is 1. The summed E-state index contributed by atoms with van der Waals surface area (Å²) >= 11 is 0. The number of nitrogens with zero attached hydrogens (tertiary/aromatic N) is 14. The van der Waals surface area contributed by atoms with Crippen molar-refractivity contribution < 1.29 is 42.7 Å². The summed E-state index contributed by atoms with van der Waals surface area (Å²) in [4.78, 5) is 128. The van der Waals surface area contributed by atoms with E-state index in [1.807, 2.05) is 158 Å². The van der Waals surface area contributed by atoms with Crippen LogP contribution in [0.1, 0.15) is 48.2 Å². The Morgan fingerprint density at radius 3 is 1.22 bits per heavy atom. The highest BCUT2D eigenvalue weighted by molar-refractivity contribution is 6.00. The second-order valence-electron chi connectivity index (χ2n) is 25.8. The minimum atomic E-state index is -0.640. The molecule has 3 amide bonds. The third-order valence-corrected chi connectivity index (χ3v) is 18.6. The number of benzene rings is 5. The minimum Gasteiger partial charge on any atom is -0.497 e. The molecule has 536 valence electrons. The molecule has 13 rings (SSSR count). The van der Waals surface area contributed by atoms with Crippen LogP contribution < -0.4 is 36.1 Å². The van der Waals surface area contributed by atoms with Crippen LogP contribution in [-0.2, 0) is 19.6 Å². The lowest BCUT2D eigenvalue weighted by molar-refractivity contribution is -0.385. The van der Waals surface area contributed by atoms with Gasteiger partial charge in [-0.25, -0.2) is 0 Å². The lowest BCUT2D eigenvalue weighted by Crippen LogP contribution is -2.49. The molecular formula is C74H80N14O15. The number of anilines is 3. The zero-order valence-corrected chi connectivity index (χ0v) is 58.3. The van der Waals surface area contributed by atoms with Crippen molar-refractivity contribution in [1.29, 1.82) is 0 Å². The van der Waals surface area contributed by atoms with Crippen molar-refractivity contribution in [2.45, 2.75) is 33.5 Å². The Labute approximate surface area is 591 Å². The fourth-order valence-corrected chi connectivity index (χ4v) is 13.3. The Kier molecular flexibility index (Phi) is 22.2. The average Bonchev–Trinajstić information content (AvgIpc) is 0.882. The molecule has 0 N–H and O–H groups in total. The van der Waals surface area contributed by atoms with E-state index in [0.717, 1.165) is 16.7 Å². The van der Waals surface area contributed by atoms with Gasteiger partial charge in [0.1, 0.15) is 22.8 Å². The van der Waals surface area contributed by atoms with Gasteiger partial charge in [-0.2, -0.15) is 0 Å². The summed E-state index contributed by atoms with van der Waals surface area (Å²) in [6, 6.07) is 41.5. The van der Waals surface area contributed by atoms with Crippen LogP contribution in [-0.4, -0.2) is 198 Å². The number of piperazine rings is 3. The maximum atomic E-state index is 13.5. The molecule has 0 bridgehead atoms. The first-order valence-electron chi connectivity index (χ1n) is 33.6. The monoisotopic (exact) mass is 1400 g/mol. The standard InChI is InChI=1S/C26H24N4O5.C25H29N5O5.C23H27N5O5/c1-18-9-10-21-20(16-18)23(27-11-13-28(14-12-27)25(31)22-8-5-15-35-22)24(30(33)34)26(32)29(21)17-19-6-3-2-4-7-19;1-26(2)12-17-29-21-7-5-4-6-20(21)22(23(25(29)32)30(33)34)27-13-15-28(16-14-27)24(31)18-8-10-19(35-3)11-9-18;1-16-6-7-18-17(15-16)20(21(28(31)32)23(30)27(18)13-8-24(2)3)25-9-11-26(12-10-25)22(29)19-5-4-14-33-19/h2-10,15-16H,11-14,17H2,1H3;4-11H,12-17H2,1-3H3;4-7,14-15H,8-13H2,1-3H3. The molecule has 0 atom stereocenters. The first-order chi connectivity index (χ1) is 49.5. The summed E-state index contributed by atoms with van der Waals surface area (Å²) in [5.74, 6) is 0.654. The molecule has 5 aromatic carbocycles. The van der Waals surface area contributed by atoms with E-state index in [1.54, 1.807) is 70.3 Å². The summed E-state index contributed by atoms with van der Waals surface area (Å²) in [6.07, 6.45) is 2.90. The van der Waals surface area contributed by atoms with Gasteiger partial charge >= 0.3 is 33.7 Å². The summed E-state index contributed by atoms with van der Waals surface area (Å²) < 4.78 is 20.0. The van der Waals surface area contributed by atoms with E-state index in [1.165, 1.54) is 26.2 Å². The molecule has 103 heavy (non-hydrogen) atoms. The smallest absolute Gasteiger partial charge is 0.357 e. The molecule has 3 saturated heterocycles. The Bertz CT molecular complexity index is 4970. The van der Waals surface area contributed by atoms with Crippen molar-refractivity contribution in [2.24, 2.45) is 0 Å². The molecule has 0 aliphatic carbocycles. The van der Waals surface area contributed by atoms with Crippen LogP contribution in [0.5, 0.6) is 5.75 Å². The number of aryl methyl sites for hydroxylation is 2. The summed E-state index contributed by atoms with van der Waals surface area (Å²) in [6.45, 7) is 10.4. The molecule has 10 aromatic rings. The number of hydrogen-bond donors (Lipinski definition) is 0. The van der Waals surface area contributed by atoms with Crippen molar-refractivity contribution in [3.63, 3.8) is 0 Å². The second kappa shape index (κ2) is 31.7. The number of aromatic nitrogens is 3. The number of furan rings is 2. The van der Waals surface area contributed by atoms with E-state index in [4.69, 9.17) is 13.6 Å². The number of carbonyl (C=O) groups excluding carboxylic acids is 3. The van der Waals surface area contributed by atoms with Gasteiger partial charge in [0, 0.05) is 126 Å². The number of pyridine rings is 3. The van der Waals surface area contributed by atoms with E-state index < -0.39 is 48.5 Å². The molecule has 3 fully saturated rings. The Morgan fingerprint density at radius 2 is 0.825 bits per heavy atom. The maximum absolute atomic E-state index is 13.5. The number of para-hydroxylation sites is 1. The molecule has 0 radical (unpaired) electrons. The van der Waals surface area contributed by atoms with Crippen LogP contribution in [0.15, 0.2) is 175 Å². The fourth-order valence-electron chi connectivity index (χ4n) is 13.3. The van der Waals surface area contributed by atoms with E-state index in [-0.39, 0.29) is 35.8 Å². The van der Waals surface area contributed by atoms with Gasteiger partial charge in [-0.15, -0.1) is 0 Å². The van der Waals surface area contributed by atoms with Gasteiger partial charge < -0.3 is 61.9 Å². The van der Waals surface area contributed by atoms with E-state index in [0.29, 0.717) is 166 Å². The number of nitro groups is 3. The molecule has 0 unspecified atom stereocenters. The van der Waals surface area contributed by atoms with Crippen molar-refractivity contribution in [2.75, 3.05) is 142 Å². The second-order valence-corrected chi connectivity index (χ2v) is 25.8. The van der Waals surface area contributed by atoms with Crippen LogP contribution in [0, 0.1) is 44.2 Å². The van der Waals surface area contributed by atoms with Crippen molar-refractivity contribution in [3.05, 3.63) is 247 Å². The highest BCUT2D eigenvalue weighted by Gasteiger charge is 2.37. The van der Waals surface area contributed by atoms with Gasteiger partial charge in [0.15, 0.2) is 11.5 Å². The van der Waals surface area contributed by atoms with E-state index in [9.17, 15) is 59.1 Å². The number of ether oxygens (including phenoxy) is 1. The van der Waals surface area contributed by atoms with Gasteiger partial charge in [-0.1, -0.05) is 71.8 Å². The molecule has 8 heterocycles. The molecule has 0 spiro atoms. The fraction of sp³-hybridized carbons (Fsp3) is 0.324. The van der Waals surface area contributed by atoms with Crippen LogP contribution in [0.25, 0.3) is 32.7 Å². The SMILES string of the molecule is COc1ccc(C(=O)N2CCN(c3c([N+](=O)[O-])c(=O)n(CCN(C)C)c4ccccc34)CC2)cc1.Cc1ccc2c(c1)c(N1CCN(C(=O)c3ccco3)CC1)c([N+](=O)[O-])c(=O)n2CCN(C)C.Cc1ccc2c(c1)c(N1CCN(C(=O)c3ccco3)CC1)c([N+](=O)[O-])c(=O)n2Cc1ccccc1. The number of amides is 3. The third kappa shape index (κ3) is 15.7. The van der Waals surface area contributed by atoms with Gasteiger partial charge in [-0.05, 0) is 126 Å². The topological polar surface area (TPSA) is 308 Å². The molecule has 5 aromatic heterocycles. The minimum absolute atomic E-state index is 0.106. The van der Waals surface area contributed by atoms with Crippen LogP contribution in [0.2, 0.25) is 0 Å². The van der Waals surface area contributed by atoms with Gasteiger partial charge in [0.2, 0.25) is 0 Å². The first-order valence-corrected chi connectivity index (χ1v) is 33.6. The van der Waals surface area contributed by atoms with E-state index >= 15 is 0 Å². The summed E-state index contributed by atoms with van der Waals surface area (Å²) in [5.41, 5.74) is 3.12. The molecule has 29 heteroatoms. The van der Waals surface area contributed by atoms with E-state index in [2.05, 4.69) is 0 Å².